The first-order chi connectivity index (χ1) is 47.9. The van der Waals surface area contributed by atoms with Crippen LogP contribution in [0, 0.1) is 5.82 Å². The first-order valence-corrected chi connectivity index (χ1v) is 34.8. The molecule has 6 aromatic rings. The van der Waals surface area contributed by atoms with Crippen LogP contribution in [0.2, 0.25) is 0 Å². The summed E-state index contributed by atoms with van der Waals surface area (Å²) in [5.74, 6) is -1.14. The van der Waals surface area contributed by atoms with Crippen LogP contribution in [0.25, 0.3) is 11.1 Å². The molecule has 4 heterocycles. The molecule has 23 heteroatoms. The highest BCUT2D eigenvalue weighted by molar-refractivity contribution is 5.97. The standard InChI is InChI=1S/C43H58N6O5.C34H33F7N2O3.CH4/c1-4-40(50)46(2)25-13-26-49-29-21-34-32-35(19-20-38(34)42(49)52)44-24-12-6-9-18-41(51)47(3)30-31-48-27-22-36(23-28-48)54-43(53)45-39-17-11-10-16-37(39)33-14-7-5-8-15-33;1-45-29-18-22-4-2-3-5-28(22)31(29)10-13-42(14-11-31)15-12-32(24-6-8-27(35)9-7-24)20-43(21-46-32)30(44)23-16-25(33(36,37)38)19-26(17-23)34(39,40)41;/h5,7-8,10-11,14-17,19-20,32,36,44H,4,6,9,12-13,18,21-31H2,1-3H3,(H,45,53);2-9,16-17,19,29H,10-15,18,20-21H2,1H3;1H4/t;29-,32-;/m.0./s1. The molecule has 3 saturated heterocycles. The zero-order valence-corrected chi connectivity index (χ0v) is 57.4. The molecule has 5 amide bonds. The van der Waals surface area contributed by atoms with Crippen LogP contribution < -0.4 is 10.6 Å². The van der Waals surface area contributed by atoms with E-state index < -0.39 is 52.5 Å². The predicted molar refractivity (Wildman–Crippen MR) is 376 cm³/mol. The molecule has 1 spiro atoms. The van der Waals surface area contributed by atoms with E-state index in [0.717, 1.165) is 142 Å². The van der Waals surface area contributed by atoms with Gasteiger partial charge in [0, 0.05) is 121 Å². The number of anilines is 2. The minimum atomic E-state index is -5.09. The molecule has 0 saturated carbocycles. The Labute approximate surface area is 588 Å². The van der Waals surface area contributed by atoms with Crippen LogP contribution >= 0.6 is 0 Å². The van der Waals surface area contributed by atoms with Crippen molar-refractivity contribution in [3.63, 3.8) is 0 Å². The Hall–Kier alpha value is -8.38. The number of nitrogens with zero attached hydrogens (tertiary/aromatic N) is 6. The SMILES string of the molecule is C.CCC(=O)N(C)CCCN1CCc2cc(NCCCCCC(=O)N(C)CCN3CCC(OC(=O)Nc4ccccc4-c4ccccc4)CC3)ccc2C1=O.CO[C@H]1Cc2ccccc2C12CCN(CC[C@@]1(c3ccc(F)cc3)CN(C(=O)c3cc(C(F)(F)F)cc(C(F)(F)F)c3)CO1)CC2. The molecule has 544 valence electrons. The molecule has 6 aromatic carbocycles. The van der Waals surface area contributed by atoms with E-state index in [1.807, 2.05) is 110 Å². The number of alkyl halides is 6. The van der Waals surface area contributed by atoms with Crippen molar-refractivity contribution in [1.82, 2.24) is 29.4 Å². The van der Waals surface area contributed by atoms with Crippen molar-refractivity contribution < 1.29 is 68.9 Å². The maximum Gasteiger partial charge on any atom is 0.416 e. The summed E-state index contributed by atoms with van der Waals surface area (Å²) < 4.78 is 113. The first-order valence-electron chi connectivity index (χ1n) is 34.8. The fraction of sp³-hybridized carbons (Fsp3) is 0.474. The van der Waals surface area contributed by atoms with E-state index in [0.29, 0.717) is 69.7 Å². The van der Waals surface area contributed by atoms with Crippen LogP contribution in [0.4, 0.5) is 46.9 Å². The number of methoxy groups -OCH3 is 1. The third-order valence-corrected chi connectivity index (χ3v) is 20.4. The molecule has 0 aromatic heterocycles. The van der Waals surface area contributed by atoms with Crippen LogP contribution in [-0.4, -0.2) is 178 Å². The lowest BCUT2D eigenvalue weighted by molar-refractivity contribution is -0.143. The Bertz CT molecular complexity index is 3740. The summed E-state index contributed by atoms with van der Waals surface area (Å²) in [6, 6.07) is 38.5. The molecule has 4 aliphatic heterocycles. The predicted octanol–water partition coefficient (Wildman–Crippen LogP) is 14.6. The Morgan fingerprint density at radius 3 is 2.04 bits per heavy atom. The minimum absolute atomic E-state index is 0. The van der Waals surface area contributed by atoms with Gasteiger partial charge in [-0.25, -0.2) is 9.18 Å². The van der Waals surface area contributed by atoms with Gasteiger partial charge in [-0.2, -0.15) is 26.3 Å². The fourth-order valence-electron chi connectivity index (χ4n) is 14.6. The molecular weight excluding hydrogens is 1310 g/mol. The minimum Gasteiger partial charge on any atom is -0.446 e. The number of carbonyl (C=O) groups excluding carboxylic acids is 5. The maximum atomic E-state index is 13.9. The molecule has 101 heavy (non-hydrogen) atoms. The van der Waals surface area contributed by atoms with Gasteiger partial charge in [0.1, 0.15) is 24.3 Å². The average molecular weight is 1410 g/mol. The van der Waals surface area contributed by atoms with Gasteiger partial charge in [0.25, 0.3) is 11.8 Å². The number of likely N-dealkylation sites (N-methyl/N-ethyl adjacent to an activating group) is 1. The summed E-state index contributed by atoms with van der Waals surface area (Å²) in [4.78, 5) is 75.0. The van der Waals surface area contributed by atoms with Crippen molar-refractivity contribution in [2.75, 3.05) is 117 Å². The monoisotopic (exact) mass is 1400 g/mol. The van der Waals surface area contributed by atoms with E-state index in [9.17, 15) is 54.7 Å². The lowest BCUT2D eigenvalue weighted by Crippen LogP contribution is -2.49. The van der Waals surface area contributed by atoms with Crippen molar-refractivity contribution in [2.24, 2.45) is 0 Å². The number of likely N-dealkylation sites (tertiary alicyclic amines) is 2. The van der Waals surface area contributed by atoms with E-state index in [1.165, 1.54) is 35.4 Å². The second kappa shape index (κ2) is 34.5. The van der Waals surface area contributed by atoms with Gasteiger partial charge in [-0.1, -0.05) is 106 Å². The Morgan fingerprint density at radius 2 is 1.35 bits per heavy atom. The van der Waals surface area contributed by atoms with E-state index in [-0.39, 0.29) is 62.1 Å². The molecule has 1 aliphatic carbocycles. The smallest absolute Gasteiger partial charge is 0.416 e. The van der Waals surface area contributed by atoms with Crippen molar-refractivity contribution >= 4 is 41.1 Å². The van der Waals surface area contributed by atoms with Crippen LogP contribution in [0.5, 0.6) is 0 Å². The van der Waals surface area contributed by atoms with Crippen molar-refractivity contribution in [2.45, 2.75) is 133 Å². The van der Waals surface area contributed by atoms with E-state index in [4.69, 9.17) is 14.2 Å². The number of fused-ring (bicyclic) bond motifs is 3. The largest absolute Gasteiger partial charge is 0.446 e. The number of benzene rings is 6. The number of halogens is 7. The second-order valence-corrected chi connectivity index (χ2v) is 26.9. The number of hydrogen-bond donors (Lipinski definition) is 2. The number of rotatable bonds is 24. The summed E-state index contributed by atoms with van der Waals surface area (Å²) in [5, 5.41) is 6.43. The summed E-state index contributed by atoms with van der Waals surface area (Å²) >= 11 is 0. The number of carbonyl (C=O) groups is 5. The van der Waals surface area contributed by atoms with Gasteiger partial charge in [-0.15, -0.1) is 0 Å². The summed E-state index contributed by atoms with van der Waals surface area (Å²) in [5.41, 5.74) is 3.64. The molecule has 2 N–H and O–H groups in total. The molecule has 3 fully saturated rings. The summed E-state index contributed by atoms with van der Waals surface area (Å²) in [6.07, 6.45) is -0.769. The molecule has 5 aliphatic rings. The number of nitrogens with one attached hydrogen (secondary N) is 2. The van der Waals surface area contributed by atoms with Gasteiger partial charge in [0.15, 0.2) is 0 Å². The van der Waals surface area contributed by atoms with Gasteiger partial charge in [0.2, 0.25) is 11.8 Å². The van der Waals surface area contributed by atoms with Crippen molar-refractivity contribution in [3.8, 4) is 11.1 Å². The number of para-hydroxylation sites is 1. The molecule has 0 radical (unpaired) electrons. The summed E-state index contributed by atoms with van der Waals surface area (Å²) in [6.45, 7) is 9.40. The zero-order chi connectivity index (χ0) is 71.2. The van der Waals surface area contributed by atoms with E-state index >= 15 is 0 Å². The quantitative estimate of drug-likeness (QED) is 0.0439. The van der Waals surface area contributed by atoms with Crippen LogP contribution in [0.1, 0.15) is 139 Å². The molecule has 16 nitrogen and oxygen atoms in total. The molecule has 0 bridgehead atoms. The van der Waals surface area contributed by atoms with Gasteiger partial charge in [-0.05, 0) is 160 Å². The molecule has 11 rings (SSSR count). The number of unbranched alkanes of at least 4 members (excludes halogenated alkanes) is 2. The van der Waals surface area contributed by atoms with Crippen LogP contribution in [-0.2, 0) is 60.0 Å². The normalized spacial score (nSPS) is 18.4. The summed E-state index contributed by atoms with van der Waals surface area (Å²) in [7, 11) is 5.44. The number of ether oxygens (including phenoxy) is 3. The van der Waals surface area contributed by atoms with Crippen LogP contribution in [0.15, 0.2) is 140 Å². The average Bonchev–Trinajstić information content (AvgIpc) is 1.61. The number of hydrogen-bond acceptors (Lipinski definition) is 11. The lowest BCUT2D eigenvalue weighted by Gasteiger charge is -2.44. The Morgan fingerprint density at radius 1 is 0.683 bits per heavy atom. The van der Waals surface area contributed by atoms with Gasteiger partial charge < -0.3 is 48.9 Å². The van der Waals surface area contributed by atoms with E-state index in [1.54, 1.807) is 12.0 Å². The zero-order valence-electron chi connectivity index (χ0n) is 57.4. The first kappa shape index (κ1) is 76.8. The van der Waals surface area contributed by atoms with Gasteiger partial charge >= 0.3 is 18.4 Å². The van der Waals surface area contributed by atoms with Gasteiger partial charge in [0.05, 0.1) is 29.5 Å². The highest BCUT2D eigenvalue weighted by Gasteiger charge is 2.50. The van der Waals surface area contributed by atoms with Crippen LogP contribution in [0.3, 0.4) is 0 Å². The maximum absolute atomic E-state index is 13.9. The third-order valence-electron chi connectivity index (χ3n) is 20.4. The molecule has 0 unspecified atom stereocenters. The fourth-order valence-corrected chi connectivity index (χ4v) is 14.6. The van der Waals surface area contributed by atoms with Crippen molar-refractivity contribution in [3.05, 3.63) is 190 Å². The van der Waals surface area contributed by atoms with Gasteiger partial charge in [-0.3, -0.25) is 24.5 Å². The third kappa shape index (κ3) is 19.4. The van der Waals surface area contributed by atoms with E-state index in [2.05, 4.69) is 38.6 Å². The number of piperidine rings is 2. The highest BCUT2D eigenvalue weighted by Crippen LogP contribution is 2.48. The molecular formula is C78H95F7N8O8. The Balaban J connectivity index is 0.000000236. The Kier molecular flexibility index (Phi) is 26.3. The number of amides is 5. The lowest BCUT2D eigenvalue weighted by atomic mass is 9.72. The topological polar surface area (TPSA) is 157 Å². The highest BCUT2D eigenvalue weighted by atomic mass is 19.4. The van der Waals surface area contributed by atoms with Crippen molar-refractivity contribution in [1.29, 1.82) is 0 Å². The molecule has 2 atom stereocenters. The second-order valence-electron chi connectivity index (χ2n) is 26.9.